The molecule has 1 aromatic carbocycles. The molecule has 1 aliphatic rings. The van der Waals surface area contributed by atoms with Gasteiger partial charge in [-0.25, -0.2) is 4.39 Å². The Morgan fingerprint density at radius 2 is 2.19 bits per heavy atom. The van der Waals surface area contributed by atoms with Gasteiger partial charge in [-0.05, 0) is 30.0 Å². The largest absolute Gasteiger partial charge is 0.481 e. The maximum absolute atomic E-state index is 13.8. The number of carboxylic acids is 1. The predicted octanol–water partition coefficient (Wildman–Crippen LogP) is 2.75. The van der Waals surface area contributed by atoms with Gasteiger partial charge in [0.1, 0.15) is 5.82 Å². The minimum absolute atomic E-state index is 0.284. The lowest BCUT2D eigenvalue weighted by Crippen LogP contribution is -2.39. The summed E-state index contributed by atoms with van der Waals surface area (Å²) in [7, 11) is 0. The fourth-order valence-electron chi connectivity index (χ4n) is 2.77. The first-order chi connectivity index (χ1) is 7.44. The Morgan fingerprint density at radius 1 is 1.50 bits per heavy atom. The SMILES string of the molecule is CC1(C)c2c(F)cccc2CCC1C(=O)O. The van der Waals surface area contributed by atoms with Gasteiger partial charge in [-0.3, -0.25) is 4.79 Å². The van der Waals surface area contributed by atoms with E-state index in [9.17, 15) is 9.18 Å². The molecule has 0 radical (unpaired) electrons. The minimum atomic E-state index is -0.834. The van der Waals surface area contributed by atoms with Crippen molar-refractivity contribution in [2.24, 2.45) is 5.92 Å². The van der Waals surface area contributed by atoms with Crippen LogP contribution < -0.4 is 0 Å². The van der Waals surface area contributed by atoms with Crippen molar-refractivity contribution in [1.82, 2.24) is 0 Å². The molecule has 2 nitrogen and oxygen atoms in total. The van der Waals surface area contributed by atoms with Crippen LogP contribution in [0.15, 0.2) is 18.2 Å². The van der Waals surface area contributed by atoms with Gasteiger partial charge in [0.2, 0.25) is 0 Å². The molecule has 0 saturated heterocycles. The number of fused-ring (bicyclic) bond motifs is 1. The van der Waals surface area contributed by atoms with Crippen LogP contribution >= 0.6 is 0 Å². The highest BCUT2D eigenvalue weighted by atomic mass is 19.1. The van der Waals surface area contributed by atoms with E-state index in [1.54, 1.807) is 6.07 Å². The molecule has 0 spiro atoms. The van der Waals surface area contributed by atoms with Crippen LogP contribution in [0.1, 0.15) is 31.4 Å². The van der Waals surface area contributed by atoms with Crippen molar-refractivity contribution in [3.8, 4) is 0 Å². The number of carboxylic acid groups (broad SMARTS) is 1. The molecule has 2 rings (SSSR count). The van der Waals surface area contributed by atoms with Gasteiger partial charge in [-0.2, -0.15) is 0 Å². The normalized spacial score (nSPS) is 22.6. The number of hydrogen-bond acceptors (Lipinski definition) is 1. The lowest BCUT2D eigenvalue weighted by molar-refractivity contribution is -0.144. The zero-order valence-electron chi connectivity index (χ0n) is 9.46. The quantitative estimate of drug-likeness (QED) is 0.793. The van der Waals surface area contributed by atoms with Crippen LogP contribution in [0.4, 0.5) is 4.39 Å². The van der Waals surface area contributed by atoms with Crippen molar-refractivity contribution >= 4 is 5.97 Å². The van der Waals surface area contributed by atoms with Gasteiger partial charge in [-0.15, -0.1) is 0 Å². The first kappa shape index (κ1) is 11.1. The molecule has 0 amide bonds. The van der Waals surface area contributed by atoms with Crippen molar-refractivity contribution in [1.29, 1.82) is 0 Å². The van der Waals surface area contributed by atoms with Gasteiger partial charge in [0, 0.05) is 5.41 Å². The van der Waals surface area contributed by atoms with Crippen LogP contribution in [0, 0.1) is 11.7 Å². The smallest absolute Gasteiger partial charge is 0.307 e. The van der Waals surface area contributed by atoms with Crippen LogP contribution in [-0.4, -0.2) is 11.1 Å². The zero-order chi connectivity index (χ0) is 11.9. The average Bonchev–Trinajstić information content (AvgIpc) is 2.15. The highest BCUT2D eigenvalue weighted by Crippen LogP contribution is 2.42. The monoisotopic (exact) mass is 222 g/mol. The van der Waals surface area contributed by atoms with Crippen molar-refractivity contribution in [3.63, 3.8) is 0 Å². The second-order valence-electron chi connectivity index (χ2n) is 4.93. The van der Waals surface area contributed by atoms with Gasteiger partial charge in [0.15, 0.2) is 0 Å². The van der Waals surface area contributed by atoms with E-state index < -0.39 is 17.3 Å². The Labute approximate surface area is 94.1 Å². The van der Waals surface area contributed by atoms with E-state index in [1.807, 2.05) is 19.9 Å². The van der Waals surface area contributed by atoms with Gasteiger partial charge in [-0.1, -0.05) is 26.0 Å². The number of rotatable bonds is 1. The van der Waals surface area contributed by atoms with Gasteiger partial charge >= 0.3 is 5.97 Å². The summed E-state index contributed by atoms with van der Waals surface area (Å²) in [5, 5.41) is 9.17. The maximum Gasteiger partial charge on any atom is 0.307 e. The molecule has 1 aromatic rings. The van der Waals surface area contributed by atoms with Crippen LogP contribution in [0.5, 0.6) is 0 Å². The van der Waals surface area contributed by atoms with Crippen molar-refractivity contribution in [2.75, 3.05) is 0 Å². The summed E-state index contributed by atoms with van der Waals surface area (Å²) in [5.41, 5.74) is 0.890. The van der Waals surface area contributed by atoms with Crippen LogP contribution in [0.25, 0.3) is 0 Å². The Hall–Kier alpha value is -1.38. The summed E-state index contributed by atoms with van der Waals surface area (Å²) in [6, 6.07) is 4.98. The van der Waals surface area contributed by atoms with E-state index in [1.165, 1.54) is 6.07 Å². The summed E-state index contributed by atoms with van der Waals surface area (Å²) in [5.74, 6) is -1.62. The predicted molar refractivity (Wildman–Crippen MR) is 58.9 cm³/mol. The molecule has 1 atom stereocenters. The van der Waals surface area contributed by atoms with E-state index in [0.29, 0.717) is 18.4 Å². The molecule has 1 N–H and O–H groups in total. The number of hydrogen-bond donors (Lipinski definition) is 1. The van der Waals surface area contributed by atoms with Crippen LogP contribution in [-0.2, 0) is 16.6 Å². The molecular weight excluding hydrogens is 207 g/mol. The van der Waals surface area contributed by atoms with Crippen molar-refractivity contribution in [3.05, 3.63) is 35.1 Å². The van der Waals surface area contributed by atoms with E-state index in [0.717, 1.165) is 5.56 Å². The summed E-state index contributed by atoms with van der Waals surface area (Å²) in [6.45, 7) is 3.62. The van der Waals surface area contributed by atoms with Gasteiger partial charge in [0.25, 0.3) is 0 Å². The molecule has 1 unspecified atom stereocenters. The third kappa shape index (κ3) is 1.51. The van der Waals surface area contributed by atoms with Crippen LogP contribution in [0.2, 0.25) is 0 Å². The second kappa shape index (κ2) is 3.58. The number of benzene rings is 1. The summed E-state index contributed by atoms with van der Waals surface area (Å²) in [6.07, 6.45) is 1.23. The molecular formula is C13H15FO2. The third-order valence-electron chi connectivity index (χ3n) is 3.62. The fraction of sp³-hybridized carbons (Fsp3) is 0.462. The highest BCUT2D eigenvalue weighted by molar-refractivity contribution is 5.73. The number of aryl methyl sites for hydroxylation is 1. The third-order valence-corrected chi connectivity index (χ3v) is 3.62. The molecule has 3 heteroatoms. The fourth-order valence-corrected chi connectivity index (χ4v) is 2.77. The Kier molecular flexibility index (Phi) is 2.49. The Balaban J connectivity index is 2.57. The topological polar surface area (TPSA) is 37.3 Å². The molecule has 0 aromatic heterocycles. The second-order valence-corrected chi connectivity index (χ2v) is 4.93. The lowest BCUT2D eigenvalue weighted by atomic mass is 9.65. The van der Waals surface area contributed by atoms with Crippen molar-refractivity contribution in [2.45, 2.75) is 32.1 Å². The van der Waals surface area contributed by atoms with E-state index in [2.05, 4.69) is 0 Å². The van der Waals surface area contributed by atoms with E-state index >= 15 is 0 Å². The summed E-state index contributed by atoms with van der Waals surface area (Å²) >= 11 is 0. The number of halogens is 1. The summed E-state index contributed by atoms with van der Waals surface area (Å²) < 4.78 is 13.8. The summed E-state index contributed by atoms with van der Waals surface area (Å²) in [4.78, 5) is 11.2. The standard InChI is InChI=1S/C13H15FO2/c1-13(2)9(12(15)16)7-6-8-4-3-5-10(14)11(8)13/h3-5,9H,6-7H2,1-2H3,(H,15,16). The van der Waals surface area contributed by atoms with E-state index in [4.69, 9.17) is 5.11 Å². The molecule has 0 bridgehead atoms. The molecule has 0 saturated carbocycles. The van der Waals surface area contributed by atoms with E-state index in [-0.39, 0.29) is 5.82 Å². The van der Waals surface area contributed by atoms with Crippen LogP contribution in [0.3, 0.4) is 0 Å². The molecule has 0 heterocycles. The first-order valence-electron chi connectivity index (χ1n) is 5.45. The number of carbonyl (C=O) groups is 1. The van der Waals surface area contributed by atoms with Crippen molar-refractivity contribution < 1.29 is 14.3 Å². The minimum Gasteiger partial charge on any atom is -0.481 e. The lowest BCUT2D eigenvalue weighted by Gasteiger charge is -2.38. The van der Waals surface area contributed by atoms with Gasteiger partial charge in [0.05, 0.1) is 5.92 Å². The van der Waals surface area contributed by atoms with Gasteiger partial charge < -0.3 is 5.11 Å². The molecule has 86 valence electrons. The maximum atomic E-state index is 13.8. The average molecular weight is 222 g/mol. The molecule has 16 heavy (non-hydrogen) atoms. The Morgan fingerprint density at radius 3 is 2.81 bits per heavy atom. The molecule has 0 aliphatic heterocycles. The first-order valence-corrected chi connectivity index (χ1v) is 5.45. The highest BCUT2D eigenvalue weighted by Gasteiger charge is 2.42. The molecule has 1 aliphatic carbocycles. The zero-order valence-corrected chi connectivity index (χ0v) is 9.46. The molecule has 0 fully saturated rings. The Bertz CT molecular complexity index is 438. The number of aliphatic carboxylic acids is 1.